The number of hydrogen-bond donors (Lipinski definition) is 2. The Bertz CT molecular complexity index is 137. The molecule has 0 aromatic rings. The van der Waals surface area contributed by atoms with Crippen LogP contribution in [0.2, 0.25) is 0 Å². The summed E-state index contributed by atoms with van der Waals surface area (Å²) in [5.41, 5.74) is 0. The van der Waals surface area contributed by atoms with E-state index in [-0.39, 0.29) is 18.9 Å². The quantitative estimate of drug-likeness (QED) is 0.550. The Balaban J connectivity index is 3.20. The van der Waals surface area contributed by atoms with E-state index in [0.29, 0.717) is 4.43 Å². The monoisotopic (exact) mass is 257 g/mol. The molecule has 4 nitrogen and oxygen atoms in total. The van der Waals surface area contributed by atoms with Crippen LogP contribution < -0.4 is 5.32 Å². The predicted octanol–water partition coefficient (Wildman–Crippen LogP) is 0.0123. The number of hydrogen-bond acceptors (Lipinski definition) is 2. The summed E-state index contributed by atoms with van der Waals surface area (Å²) in [4.78, 5) is 20.4. The van der Waals surface area contributed by atoms with Gasteiger partial charge >= 0.3 is 5.97 Å². The fourth-order valence-corrected chi connectivity index (χ4v) is 0.626. The summed E-state index contributed by atoms with van der Waals surface area (Å²) in [6.45, 7) is 0.219. The number of halogens is 1. The minimum absolute atomic E-state index is 0.0115. The number of aliphatic carboxylic acids is 1. The molecule has 0 saturated carbocycles. The maximum absolute atomic E-state index is 10.5. The Morgan fingerprint density at radius 3 is 2.50 bits per heavy atom. The minimum atomic E-state index is -0.895. The molecule has 10 heavy (non-hydrogen) atoms. The molecular formula is C5H8INO3. The minimum Gasteiger partial charge on any atom is -0.481 e. The summed E-state index contributed by atoms with van der Waals surface area (Å²) < 4.78 is 0.372. The summed E-state index contributed by atoms with van der Waals surface area (Å²) in [6.07, 6.45) is -0.0115. The van der Waals surface area contributed by atoms with Gasteiger partial charge in [0.15, 0.2) is 0 Å². The molecule has 58 valence electrons. The second-order valence-corrected chi connectivity index (χ2v) is 2.39. The second kappa shape index (κ2) is 5.45. The SMILES string of the molecule is O=C(O)CCNC(=O)CI. The van der Waals surface area contributed by atoms with Crippen LogP contribution in [-0.4, -0.2) is 28.0 Å². The fraction of sp³-hybridized carbons (Fsp3) is 0.600. The van der Waals surface area contributed by atoms with E-state index in [0.717, 1.165) is 0 Å². The van der Waals surface area contributed by atoms with E-state index >= 15 is 0 Å². The van der Waals surface area contributed by atoms with Gasteiger partial charge in [-0.2, -0.15) is 0 Å². The first-order valence-corrected chi connectivity index (χ1v) is 4.24. The van der Waals surface area contributed by atoms with Gasteiger partial charge in [-0.05, 0) is 0 Å². The third-order valence-corrected chi connectivity index (χ3v) is 1.48. The molecule has 0 saturated heterocycles. The van der Waals surface area contributed by atoms with Crippen molar-refractivity contribution in [2.24, 2.45) is 0 Å². The second-order valence-electron chi connectivity index (χ2n) is 1.63. The Morgan fingerprint density at radius 1 is 1.50 bits per heavy atom. The van der Waals surface area contributed by atoms with E-state index in [4.69, 9.17) is 5.11 Å². The van der Waals surface area contributed by atoms with E-state index in [9.17, 15) is 9.59 Å². The van der Waals surface area contributed by atoms with Crippen LogP contribution in [0, 0.1) is 0 Å². The maximum atomic E-state index is 10.5. The molecule has 0 aliphatic carbocycles. The average molecular weight is 257 g/mol. The highest BCUT2D eigenvalue weighted by atomic mass is 127. The zero-order chi connectivity index (χ0) is 7.98. The lowest BCUT2D eigenvalue weighted by molar-refractivity contribution is -0.136. The Labute approximate surface area is 72.1 Å². The highest BCUT2D eigenvalue weighted by Crippen LogP contribution is 1.80. The van der Waals surface area contributed by atoms with Crippen LogP contribution in [0.15, 0.2) is 0 Å². The molecule has 0 rings (SSSR count). The molecule has 2 N–H and O–H groups in total. The highest BCUT2D eigenvalue weighted by molar-refractivity contribution is 14.1. The summed E-state index contributed by atoms with van der Waals surface area (Å²) in [6, 6.07) is 0. The van der Waals surface area contributed by atoms with Crippen molar-refractivity contribution in [2.45, 2.75) is 6.42 Å². The molecule has 0 heterocycles. The van der Waals surface area contributed by atoms with Crippen LogP contribution in [0.25, 0.3) is 0 Å². The van der Waals surface area contributed by atoms with Crippen LogP contribution in [0.5, 0.6) is 0 Å². The number of amides is 1. The summed E-state index contributed by atoms with van der Waals surface area (Å²) in [7, 11) is 0. The Hall–Kier alpha value is -0.330. The first-order valence-electron chi connectivity index (χ1n) is 2.71. The number of nitrogens with one attached hydrogen (secondary N) is 1. The number of carboxylic acids is 1. The molecule has 0 spiro atoms. The number of alkyl halides is 1. The van der Waals surface area contributed by atoms with Gasteiger partial charge in [-0.15, -0.1) is 0 Å². The molecule has 0 aliphatic heterocycles. The van der Waals surface area contributed by atoms with Gasteiger partial charge in [0.25, 0.3) is 0 Å². The molecule has 1 amide bonds. The van der Waals surface area contributed by atoms with Gasteiger partial charge in [0.2, 0.25) is 5.91 Å². The zero-order valence-electron chi connectivity index (χ0n) is 5.26. The molecule has 5 heteroatoms. The van der Waals surface area contributed by atoms with Gasteiger partial charge in [-0.3, -0.25) is 9.59 Å². The maximum Gasteiger partial charge on any atom is 0.305 e. The highest BCUT2D eigenvalue weighted by Gasteiger charge is 1.98. The van der Waals surface area contributed by atoms with Crippen LogP contribution in [0.4, 0.5) is 0 Å². The van der Waals surface area contributed by atoms with Crippen LogP contribution >= 0.6 is 22.6 Å². The fourth-order valence-electron chi connectivity index (χ4n) is 0.356. The van der Waals surface area contributed by atoms with Gasteiger partial charge in [0.1, 0.15) is 0 Å². The lowest BCUT2D eigenvalue weighted by Crippen LogP contribution is -2.26. The van der Waals surface area contributed by atoms with E-state index in [1.807, 2.05) is 22.6 Å². The molecule has 0 bridgehead atoms. The molecular weight excluding hydrogens is 249 g/mol. The third-order valence-electron chi connectivity index (χ3n) is 0.782. The van der Waals surface area contributed by atoms with Gasteiger partial charge in [0.05, 0.1) is 10.8 Å². The first kappa shape index (κ1) is 9.67. The van der Waals surface area contributed by atoms with Crippen LogP contribution in [-0.2, 0) is 9.59 Å². The average Bonchev–Trinajstić information content (AvgIpc) is 1.87. The number of carbonyl (C=O) groups excluding carboxylic acids is 1. The van der Waals surface area contributed by atoms with Crippen molar-refractivity contribution in [2.75, 3.05) is 11.0 Å². The smallest absolute Gasteiger partial charge is 0.305 e. The number of rotatable bonds is 4. The summed E-state index contributed by atoms with van der Waals surface area (Å²) in [5.74, 6) is -1.02. The van der Waals surface area contributed by atoms with Gasteiger partial charge in [-0.1, -0.05) is 22.6 Å². The third kappa shape index (κ3) is 5.80. The first-order chi connectivity index (χ1) is 4.66. The molecule has 0 aromatic carbocycles. The molecule has 0 aromatic heterocycles. The molecule has 0 unspecified atom stereocenters. The molecule has 0 fully saturated rings. The van der Waals surface area contributed by atoms with Crippen molar-refractivity contribution < 1.29 is 14.7 Å². The topological polar surface area (TPSA) is 66.4 Å². The lowest BCUT2D eigenvalue weighted by Gasteiger charge is -1.97. The van der Waals surface area contributed by atoms with Crippen LogP contribution in [0.1, 0.15) is 6.42 Å². The number of carboxylic acid groups (broad SMARTS) is 1. The van der Waals surface area contributed by atoms with Crippen molar-refractivity contribution in [1.29, 1.82) is 0 Å². The summed E-state index contributed by atoms with van der Waals surface area (Å²) in [5, 5.41) is 10.6. The van der Waals surface area contributed by atoms with Crippen molar-refractivity contribution in [3.8, 4) is 0 Å². The standard InChI is InChI=1S/C5H8INO3/c6-3-4(8)7-2-1-5(9)10/h1-3H2,(H,7,8)(H,9,10). The lowest BCUT2D eigenvalue weighted by atomic mass is 10.4. The van der Waals surface area contributed by atoms with E-state index in [1.54, 1.807) is 0 Å². The van der Waals surface area contributed by atoms with Crippen LogP contribution in [0.3, 0.4) is 0 Å². The molecule has 0 aliphatic rings. The summed E-state index contributed by atoms with van der Waals surface area (Å²) >= 11 is 1.91. The van der Waals surface area contributed by atoms with Gasteiger partial charge in [0, 0.05) is 6.54 Å². The Kier molecular flexibility index (Phi) is 5.27. The normalized spacial score (nSPS) is 8.90. The van der Waals surface area contributed by atoms with Crippen molar-refractivity contribution in [3.63, 3.8) is 0 Å². The largest absolute Gasteiger partial charge is 0.481 e. The van der Waals surface area contributed by atoms with Gasteiger partial charge in [-0.25, -0.2) is 0 Å². The van der Waals surface area contributed by atoms with E-state index < -0.39 is 5.97 Å². The van der Waals surface area contributed by atoms with Crippen molar-refractivity contribution in [1.82, 2.24) is 5.32 Å². The van der Waals surface area contributed by atoms with Gasteiger partial charge < -0.3 is 10.4 Å². The van der Waals surface area contributed by atoms with Crippen molar-refractivity contribution in [3.05, 3.63) is 0 Å². The molecule has 0 radical (unpaired) electrons. The van der Waals surface area contributed by atoms with Crippen molar-refractivity contribution >= 4 is 34.5 Å². The Morgan fingerprint density at radius 2 is 2.10 bits per heavy atom. The zero-order valence-corrected chi connectivity index (χ0v) is 7.42. The predicted molar refractivity (Wildman–Crippen MR) is 44.1 cm³/mol. The van der Waals surface area contributed by atoms with E-state index in [1.165, 1.54) is 0 Å². The molecule has 0 atom stereocenters. The van der Waals surface area contributed by atoms with E-state index in [2.05, 4.69) is 5.32 Å². The number of carbonyl (C=O) groups is 2.